The Labute approximate surface area is 117 Å². The van der Waals surface area contributed by atoms with Crippen molar-refractivity contribution in [2.75, 3.05) is 19.6 Å². The molecule has 2 fully saturated rings. The summed E-state index contributed by atoms with van der Waals surface area (Å²) in [4.78, 5) is 2.70. The summed E-state index contributed by atoms with van der Waals surface area (Å²) in [7, 11) is 0. The van der Waals surface area contributed by atoms with Crippen molar-refractivity contribution in [1.29, 1.82) is 0 Å². The zero-order valence-corrected chi connectivity index (χ0v) is 12.0. The third-order valence-corrected chi connectivity index (χ3v) is 4.63. The minimum absolute atomic E-state index is 0.505. The number of hydrogen-bond donors (Lipinski definition) is 1. The first kappa shape index (κ1) is 13.1. The van der Waals surface area contributed by atoms with Crippen LogP contribution in [0.3, 0.4) is 0 Å². The lowest BCUT2D eigenvalue weighted by Gasteiger charge is -2.30. The van der Waals surface area contributed by atoms with Gasteiger partial charge in [0.1, 0.15) is 0 Å². The van der Waals surface area contributed by atoms with Crippen LogP contribution in [-0.4, -0.2) is 30.6 Å². The summed E-state index contributed by atoms with van der Waals surface area (Å²) >= 11 is 0. The Morgan fingerprint density at radius 3 is 2.79 bits per heavy atom. The van der Waals surface area contributed by atoms with Crippen LogP contribution >= 0.6 is 0 Å². The molecule has 0 radical (unpaired) electrons. The van der Waals surface area contributed by atoms with Crippen LogP contribution < -0.4 is 5.32 Å². The van der Waals surface area contributed by atoms with Crippen molar-refractivity contribution in [2.24, 2.45) is 5.92 Å². The number of benzene rings is 1. The molecule has 3 rings (SSSR count). The average molecular weight is 258 g/mol. The van der Waals surface area contributed by atoms with E-state index < -0.39 is 0 Å². The molecule has 1 aliphatic carbocycles. The highest BCUT2D eigenvalue weighted by Gasteiger charge is 2.28. The molecule has 0 spiro atoms. The lowest BCUT2D eigenvalue weighted by atomic mass is 10.0. The summed E-state index contributed by atoms with van der Waals surface area (Å²) in [5.74, 6) is 1.03. The van der Waals surface area contributed by atoms with Crippen LogP contribution in [0.2, 0.25) is 0 Å². The van der Waals surface area contributed by atoms with Gasteiger partial charge in [0.25, 0.3) is 0 Å². The lowest BCUT2D eigenvalue weighted by Crippen LogP contribution is -2.37. The quantitative estimate of drug-likeness (QED) is 0.892. The normalized spacial score (nSPS) is 26.9. The van der Waals surface area contributed by atoms with Gasteiger partial charge >= 0.3 is 0 Å². The van der Waals surface area contributed by atoms with Crippen molar-refractivity contribution in [3.63, 3.8) is 0 Å². The summed E-state index contributed by atoms with van der Waals surface area (Å²) in [5, 5.41) is 3.71. The van der Waals surface area contributed by atoms with Crippen LogP contribution in [0.5, 0.6) is 0 Å². The molecule has 1 N–H and O–H groups in total. The van der Waals surface area contributed by atoms with Crippen molar-refractivity contribution in [1.82, 2.24) is 10.2 Å². The van der Waals surface area contributed by atoms with Crippen LogP contribution in [-0.2, 0) is 0 Å². The maximum atomic E-state index is 3.71. The largest absolute Gasteiger partial charge is 0.309 e. The van der Waals surface area contributed by atoms with Crippen LogP contribution in [0.25, 0.3) is 0 Å². The van der Waals surface area contributed by atoms with Crippen LogP contribution in [0.4, 0.5) is 0 Å². The van der Waals surface area contributed by atoms with E-state index in [1.54, 1.807) is 0 Å². The fourth-order valence-electron chi connectivity index (χ4n) is 3.24. The molecule has 1 heterocycles. The maximum absolute atomic E-state index is 3.71. The molecule has 0 amide bonds. The second-order valence-electron chi connectivity index (χ2n) is 6.29. The van der Waals surface area contributed by atoms with Crippen molar-refractivity contribution in [3.8, 4) is 0 Å². The Balaban J connectivity index is 1.65. The second-order valence-corrected chi connectivity index (χ2v) is 6.29. The average Bonchev–Trinajstić information content (AvgIpc) is 3.25. The molecule has 2 nitrogen and oxygen atoms in total. The first-order chi connectivity index (χ1) is 9.33. The zero-order chi connectivity index (χ0) is 13.1. The molecule has 2 atom stereocenters. The summed E-state index contributed by atoms with van der Waals surface area (Å²) in [5.41, 5.74) is 1.44. The van der Waals surface area contributed by atoms with Gasteiger partial charge in [-0.05, 0) is 44.3 Å². The standard InChI is InChI=1S/C17H26N2/c1-14(12-15-8-9-15)19-11-5-10-18-17(13-19)16-6-3-2-4-7-16/h2-4,6-7,14-15,17-18H,5,8-13H2,1H3. The predicted molar refractivity (Wildman–Crippen MR) is 80.2 cm³/mol. The van der Waals surface area contributed by atoms with E-state index >= 15 is 0 Å². The van der Waals surface area contributed by atoms with E-state index in [0.29, 0.717) is 6.04 Å². The van der Waals surface area contributed by atoms with Crippen molar-refractivity contribution in [3.05, 3.63) is 35.9 Å². The number of rotatable bonds is 4. The molecule has 1 aliphatic heterocycles. The van der Waals surface area contributed by atoms with Gasteiger partial charge in [0.05, 0.1) is 0 Å². The third-order valence-electron chi connectivity index (χ3n) is 4.63. The summed E-state index contributed by atoms with van der Waals surface area (Å²) in [6.45, 7) is 5.99. The van der Waals surface area contributed by atoms with Gasteiger partial charge in [-0.25, -0.2) is 0 Å². The first-order valence-electron chi connectivity index (χ1n) is 7.85. The predicted octanol–water partition coefficient (Wildman–Crippen LogP) is 3.21. The Morgan fingerprint density at radius 2 is 2.05 bits per heavy atom. The van der Waals surface area contributed by atoms with Gasteiger partial charge in [-0.2, -0.15) is 0 Å². The van der Waals surface area contributed by atoms with E-state index in [2.05, 4.69) is 47.5 Å². The molecule has 0 aromatic heterocycles. The van der Waals surface area contributed by atoms with Crippen molar-refractivity contribution < 1.29 is 0 Å². The minimum Gasteiger partial charge on any atom is -0.309 e. The molecule has 1 saturated carbocycles. The summed E-state index contributed by atoms with van der Waals surface area (Å²) in [6.07, 6.45) is 5.62. The molecule has 1 saturated heterocycles. The van der Waals surface area contributed by atoms with E-state index in [1.807, 2.05) is 0 Å². The van der Waals surface area contributed by atoms with Crippen LogP contribution in [0, 0.1) is 5.92 Å². The Bertz CT molecular complexity index is 386. The first-order valence-corrected chi connectivity index (χ1v) is 7.85. The van der Waals surface area contributed by atoms with Gasteiger partial charge in [0, 0.05) is 18.6 Å². The molecule has 1 aromatic rings. The number of nitrogens with one attached hydrogen (secondary N) is 1. The molecule has 2 unspecified atom stereocenters. The third kappa shape index (κ3) is 3.58. The van der Waals surface area contributed by atoms with Gasteiger partial charge in [-0.15, -0.1) is 0 Å². The van der Waals surface area contributed by atoms with Crippen LogP contribution in [0.1, 0.15) is 44.2 Å². The van der Waals surface area contributed by atoms with E-state index in [4.69, 9.17) is 0 Å². The fourth-order valence-corrected chi connectivity index (χ4v) is 3.24. The van der Waals surface area contributed by atoms with Gasteiger partial charge in [0.2, 0.25) is 0 Å². The molecular weight excluding hydrogens is 232 g/mol. The smallest absolute Gasteiger partial charge is 0.0449 e. The molecule has 19 heavy (non-hydrogen) atoms. The lowest BCUT2D eigenvalue weighted by molar-refractivity contribution is 0.191. The molecule has 2 heteroatoms. The van der Waals surface area contributed by atoms with Gasteiger partial charge in [0.15, 0.2) is 0 Å². The minimum atomic E-state index is 0.505. The van der Waals surface area contributed by atoms with Gasteiger partial charge < -0.3 is 5.32 Å². The topological polar surface area (TPSA) is 15.3 Å². The molecular formula is C17H26N2. The van der Waals surface area contributed by atoms with Crippen molar-refractivity contribution >= 4 is 0 Å². The Morgan fingerprint density at radius 1 is 1.26 bits per heavy atom. The SMILES string of the molecule is CC(CC1CC1)N1CCCNC(c2ccccc2)C1. The Kier molecular flexibility index (Phi) is 4.19. The monoisotopic (exact) mass is 258 g/mol. The van der Waals surface area contributed by atoms with Crippen LogP contribution in [0.15, 0.2) is 30.3 Å². The second kappa shape index (κ2) is 6.06. The molecule has 1 aromatic carbocycles. The molecule has 2 aliphatic rings. The maximum Gasteiger partial charge on any atom is 0.0449 e. The Hall–Kier alpha value is -0.860. The van der Waals surface area contributed by atoms with E-state index in [9.17, 15) is 0 Å². The number of nitrogens with zero attached hydrogens (tertiary/aromatic N) is 1. The highest BCUT2D eigenvalue weighted by Crippen LogP contribution is 2.35. The van der Waals surface area contributed by atoms with Gasteiger partial charge in [-0.3, -0.25) is 4.90 Å². The molecule has 104 valence electrons. The van der Waals surface area contributed by atoms with E-state index in [1.165, 1.54) is 37.8 Å². The van der Waals surface area contributed by atoms with E-state index in [-0.39, 0.29) is 0 Å². The highest BCUT2D eigenvalue weighted by atomic mass is 15.2. The van der Waals surface area contributed by atoms with E-state index in [0.717, 1.165) is 25.0 Å². The molecule has 0 bridgehead atoms. The summed E-state index contributed by atoms with van der Waals surface area (Å²) in [6, 6.07) is 12.2. The van der Waals surface area contributed by atoms with Crippen molar-refractivity contribution in [2.45, 2.75) is 44.7 Å². The summed E-state index contributed by atoms with van der Waals surface area (Å²) < 4.78 is 0. The highest BCUT2D eigenvalue weighted by molar-refractivity contribution is 5.19. The van der Waals surface area contributed by atoms with Gasteiger partial charge in [-0.1, -0.05) is 43.2 Å². The fraction of sp³-hybridized carbons (Fsp3) is 0.647. The number of hydrogen-bond acceptors (Lipinski definition) is 2. The zero-order valence-electron chi connectivity index (χ0n) is 12.0.